The van der Waals surface area contributed by atoms with Crippen LogP contribution in [0.25, 0.3) is 0 Å². The first kappa shape index (κ1) is 19.9. The number of ether oxygens (including phenoxy) is 1. The third kappa shape index (κ3) is 4.00. The minimum absolute atomic E-state index is 0.0103. The molecule has 1 saturated heterocycles. The van der Waals surface area contributed by atoms with Gasteiger partial charge in [0, 0.05) is 32.8 Å². The van der Waals surface area contributed by atoms with Crippen LogP contribution in [0.15, 0.2) is 41.2 Å². The summed E-state index contributed by atoms with van der Waals surface area (Å²) in [4.78, 5) is 19.5. The lowest BCUT2D eigenvalue weighted by molar-refractivity contribution is -0.132. The van der Waals surface area contributed by atoms with E-state index in [1.807, 2.05) is 39.9 Å². The number of hydrogen-bond donors (Lipinski definition) is 1. The van der Waals surface area contributed by atoms with Gasteiger partial charge in [-0.15, -0.1) is 5.10 Å². The summed E-state index contributed by atoms with van der Waals surface area (Å²) in [5.41, 5.74) is 1.29. The molecular formula is C21H26N6O3. The van der Waals surface area contributed by atoms with Crippen molar-refractivity contribution in [3.05, 3.63) is 53.9 Å². The van der Waals surface area contributed by atoms with E-state index in [0.29, 0.717) is 38.0 Å². The summed E-state index contributed by atoms with van der Waals surface area (Å²) >= 11 is 0. The number of methoxy groups -OCH3 is 1. The lowest BCUT2D eigenvalue weighted by atomic mass is 9.74. The van der Waals surface area contributed by atoms with Gasteiger partial charge in [0.1, 0.15) is 5.75 Å². The molecule has 3 heterocycles. The maximum atomic E-state index is 13.3. The van der Waals surface area contributed by atoms with Crippen LogP contribution < -0.4 is 15.0 Å². The summed E-state index contributed by atoms with van der Waals surface area (Å²) < 4.78 is 12.9. The molecule has 0 aliphatic carbocycles. The highest BCUT2D eigenvalue weighted by Gasteiger charge is 2.50. The van der Waals surface area contributed by atoms with Gasteiger partial charge in [-0.3, -0.25) is 4.79 Å². The fraction of sp³-hybridized carbons (Fsp3) is 0.429. The van der Waals surface area contributed by atoms with Crippen LogP contribution in [0, 0.1) is 12.3 Å². The molecular weight excluding hydrogens is 384 g/mol. The topological polar surface area (TPSA) is 98.3 Å². The number of hydrogen-bond acceptors (Lipinski definition) is 7. The maximum Gasteiger partial charge on any atom is 0.318 e. The molecule has 1 aliphatic heterocycles. The highest BCUT2D eigenvalue weighted by atomic mass is 16.5. The maximum absolute atomic E-state index is 13.3. The van der Waals surface area contributed by atoms with Crippen LogP contribution in [0.5, 0.6) is 5.75 Å². The smallest absolute Gasteiger partial charge is 0.318 e. The number of amides is 1. The van der Waals surface area contributed by atoms with Crippen molar-refractivity contribution in [3.8, 4) is 5.75 Å². The minimum atomic E-state index is -0.595. The number of carbonyl (C=O) groups excluding carboxylic acids is 1. The van der Waals surface area contributed by atoms with Crippen molar-refractivity contribution in [1.82, 2.24) is 25.1 Å². The van der Waals surface area contributed by atoms with E-state index in [2.05, 4.69) is 27.4 Å². The van der Waals surface area contributed by atoms with Crippen LogP contribution in [-0.2, 0) is 24.3 Å². The standard InChI is InChI=1S/C21H26N6O3/c1-4-26-11-17(23-14-26)10-22-19(28)21(9-16-6-5-7-18(8-16)29-3)12-27(13-21)20-25-24-15(2)30-20/h5-8,11,14H,4,9-10,12-13H2,1-3H3,(H,22,28). The zero-order valence-electron chi connectivity index (χ0n) is 17.5. The van der Waals surface area contributed by atoms with Crippen molar-refractivity contribution in [1.29, 1.82) is 0 Å². The molecule has 1 N–H and O–H groups in total. The predicted octanol–water partition coefficient (Wildman–Crippen LogP) is 1.97. The summed E-state index contributed by atoms with van der Waals surface area (Å²) in [7, 11) is 1.64. The fourth-order valence-corrected chi connectivity index (χ4v) is 3.77. The van der Waals surface area contributed by atoms with E-state index < -0.39 is 5.41 Å². The van der Waals surface area contributed by atoms with Gasteiger partial charge >= 0.3 is 6.01 Å². The number of aryl methyl sites for hydroxylation is 2. The van der Waals surface area contributed by atoms with Crippen molar-refractivity contribution in [2.45, 2.75) is 33.4 Å². The van der Waals surface area contributed by atoms with Crippen LogP contribution in [-0.4, -0.2) is 45.9 Å². The molecule has 9 nitrogen and oxygen atoms in total. The van der Waals surface area contributed by atoms with Crippen molar-refractivity contribution in [3.63, 3.8) is 0 Å². The number of anilines is 1. The van der Waals surface area contributed by atoms with Crippen LogP contribution in [0.3, 0.4) is 0 Å². The average molecular weight is 410 g/mol. The Balaban J connectivity index is 1.50. The number of aromatic nitrogens is 4. The summed E-state index contributed by atoms with van der Waals surface area (Å²) in [5, 5.41) is 11.0. The Morgan fingerprint density at radius 1 is 1.33 bits per heavy atom. The molecule has 4 rings (SSSR count). The summed E-state index contributed by atoms with van der Waals surface area (Å²) in [6, 6.07) is 8.27. The average Bonchev–Trinajstić information content (AvgIpc) is 3.37. The molecule has 3 aromatic rings. The SMILES string of the molecule is CCn1cnc(CNC(=O)C2(Cc3cccc(OC)c3)CN(c3nnc(C)o3)C2)c1. The van der Waals surface area contributed by atoms with E-state index in [1.165, 1.54) is 0 Å². The normalized spacial score (nSPS) is 15.0. The lowest BCUT2D eigenvalue weighted by Crippen LogP contribution is -2.64. The first-order valence-corrected chi connectivity index (χ1v) is 9.98. The molecule has 0 radical (unpaired) electrons. The van der Waals surface area contributed by atoms with Gasteiger partial charge in [0.05, 0.1) is 31.1 Å². The molecule has 158 valence electrons. The number of rotatable bonds is 8. The van der Waals surface area contributed by atoms with Crippen LogP contribution in [0.4, 0.5) is 6.01 Å². The van der Waals surface area contributed by atoms with E-state index in [1.54, 1.807) is 20.4 Å². The van der Waals surface area contributed by atoms with Crippen LogP contribution >= 0.6 is 0 Å². The van der Waals surface area contributed by atoms with Crippen molar-refractivity contribution in [2.75, 3.05) is 25.1 Å². The highest BCUT2D eigenvalue weighted by Crippen LogP contribution is 2.38. The molecule has 0 bridgehead atoms. The molecule has 9 heteroatoms. The third-order valence-electron chi connectivity index (χ3n) is 5.41. The molecule has 1 fully saturated rings. The third-order valence-corrected chi connectivity index (χ3v) is 5.41. The van der Waals surface area contributed by atoms with Gasteiger partial charge in [-0.1, -0.05) is 17.2 Å². The van der Waals surface area contributed by atoms with Crippen molar-refractivity contribution in [2.24, 2.45) is 5.41 Å². The second-order valence-corrected chi connectivity index (χ2v) is 7.65. The second kappa shape index (κ2) is 8.17. The zero-order valence-corrected chi connectivity index (χ0v) is 17.5. The van der Waals surface area contributed by atoms with Gasteiger partial charge in [-0.05, 0) is 31.0 Å². The van der Waals surface area contributed by atoms with Gasteiger partial charge in [-0.25, -0.2) is 4.98 Å². The fourth-order valence-electron chi connectivity index (χ4n) is 3.77. The molecule has 0 spiro atoms. The lowest BCUT2D eigenvalue weighted by Gasteiger charge is -2.48. The number of nitrogens with one attached hydrogen (secondary N) is 1. The number of benzene rings is 1. The van der Waals surface area contributed by atoms with Crippen LogP contribution in [0.1, 0.15) is 24.1 Å². The minimum Gasteiger partial charge on any atom is -0.497 e. The number of carbonyl (C=O) groups is 1. The molecule has 0 saturated carbocycles. The molecule has 1 aromatic carbocycles. The van der Waals surface area contributed by atoms with Crippen molar-refractivity contribution >= 4 is 11.9 Å². The summed E-state index contributed by atoms with van der Waals surface area (Å²) in [6.07, 6.45) is 4.31. The Labute approximate surface area is 175 Å². The Kier molecular flexibility index (Phi) is 5.43. The molecule has 1 aliphatic rings. The van der Waals surface area contributed by atoms with E-state index in [-0.39, 0.29) is 5.91 Å². The van der Waals surface area contributed by atoms with E-state index in [9.17, 15) is 4.79 Å². The van der Waals surface area contributed by atoms with E-state index in [4.69, 9.17) is 9.15 Å². The molecule has 0 atom stereocenters. The monoisotopic (exact) mass is 410 g/mol. The summed E-state index contributed by atoms with van der Waals surface area (Å²) in [5.74, 6) is 1.27. The zero-order chi connectivity index (χ0) is 21.1. The van der Waals surface area contributed by atoms with Crippen LogP contribution in [0.2, 0.25) is 0 Å². The quantitative estimate of drug-likeness (QED) is 0.606. The van der Waals surface area contributed by atoms with Crippen molar-refractivity contribution < 1.29 is 13.9 Å². The molecule has 30 heavy (non-hydrogen) atoms. The Bertz CT molecular complexity index is 1020. The second-order valence-electron chi connectivity index (χ2n) is 7.65. The molecule has 2 aromatic heterocycles. The first-order valence-electron chi connectivity index (χ1n) is 9.98. The van der Waals surface area contributed by atoms with E-state index in [0.717, 1.165) is 23.6 Å². The van der Waals surface area contributed by atoms with Gasteiger partial charge < -0.3 is 23.9 Å². The van der Waals surface area contributed by atoms with Gasteiger partial charge in [0.2, 0.25) is 11.8 Å². The Morgan fingerprint density at radius 3 is 2.83 bits per heavy atom. The predicted molar refractivity (Wildman–Crippen MR) is 110 cm³/mol. The van der Waals surface area contributed by atoms with Gasteiger partial charge in [-0.2, -0.15) is 0 Å². The van der Waals surface area contributed by atoms with E-state index >= 15 is 0 Å². The number of nitrogens with zero attached hydrogens (tertiary/aromatic N) is 5. The molecule has 0 unspecified atom stereocenters. The Morgan fingerprint density at radius 2 is 2.17 bits per heavy atom. The number of imidazole rings is 1. The first-order chi connectivity index (χ1) is 14.5. The van der Waals surface area contributed by atoms with Gasteiger partial charge in [0.25, 0.3) is 0 Å². The Hall–Kier alpha value is -3.36. The highest BCUT2D eigenvalue weighted by molar-refractivity contribution is 5.86. The largest absolute Gasteiger partial charge is 0.497 e. The van der Waals surface area contributed by atoms with Gasteiger partial charge in [0.15, 0.2) is 0 Å². The summed E-state index contributed by atoms with van der Waals surface area (Å²) in [6.45, 7) is 6.05. The molecule has 1 amide bonds.